The van der Waals surface area contributed by atoms with E-state index in [-0.39, 0.29) is 0 Å². The molecule has 0 aliphatic rings. The molecule has 0 atom stereocenters. The topological polar surface area (TPSA) is 37.8 Å². The van der Waals surface area contributed by atoms with Gasteiger partial charge in [0.15, 0.2) is 0 Å². The fourth-order valence-electron chi connectivity index (χ4n) is 1.04. The Labute approximate surface area is 74.5 Å². The van der Waals surface area contributed by atoms with Crippen LogP contribution in [0.4, 0.5) is 0 Å². The molecule has 0 aliphatic heterocycles. The van der Waals surface area contributed by atoms with Crippen LogP contribution in [-0.2, 0) is 6.54 Å². The third-order valence-corrected chi connectivity index (χ3v) is 2.52. The lowest BCUT2D eigenvalue weighted by Crippen LogP contribution is -2.03. The van der Waals surface area contributed by atoms with Gasteiger partial charge in [0.1, 0.15) is 15.4 Å². The number of pyridine rings is 1. The molecule has 0 fully saturated rings. The molecule has 12 heavy (non-hydrogen) atoms. The third-order valence-electron chi connectivity index (χ3n) is 1.54. The number of thiazole rings is 1. The summed E-state index contributed by atoms with van der Waals surface area (Å²) >= 11 is 1.64. The molecule has 2 rings (SSSR count). The van der Waals surface area contributed by atoms with Crippen molar-refractivity contribution in [3.8, 4) is 0 Å². The van der Waals surface area contributed by atoms with Gasteiger partial charge in [0.2, 0.25) is 0 Å². The molecule has 0 radical (unpaired) electrons. The monoisotopic (exact) mass is 179 g/mol. The van der Waals surface area contributed by atoms with Crippen molar-refractivity contribution in [1.29, 1.82) is 0 Å². The predicted octanol–water partition coefficient (Wildman–Crippen LogP) is 1.41. The Balaban J connectivity index is 2.47. The Morgan fingerprint density at radius 3 is 3.25 bits per heavy atom. The molecule has 0 saturated carbocycles. The summed E-state index contributed by atoms with van der Waals surface area (Å²) in [5.41, 5.74) is 0.993. The van der Waals surface area contributed by atoms with Gasteiger partial charge in [0, 0.05) is 12.7 Å². The van der Waals surface area contributed by atoms with Crippen molar-refractivity contribution in [1.82, 2.24) is 15.3 Å². The van der Waals surface area contributed by atoms with Gasteiger partial charge in [-0.05, 0) is 19.2 Å². The fourth-order valence-corrected chi connectivity index (χ4v) is 1.96. The fraction of sp³-hybridized carbons (Fsp3) is 0.250. The van der Waals surface area contributed by atoms with Crippen LogP contribution in [0.5, 0.6) is 0 Å². The molecule has 0 spiro atoms. The molecule has 0 saturated heterocycles. The summed E-state index contributed by atoms with van der Waals surface area (Å²) in [5.74, 6) is 0. The Hall–Kier alpha value is -1.00. The van der Waals surface area contributed by atoms with Crippen LogP contribution >= 0.6 is 11.3 Å². The molecule has 62 valence electrons. The van der Waals surface area contributed by atoms with E-state index in [0.29, 0.717) is 0 Å². The normalized spacial score (nSPS) is 10.8. The standard InChI is InChI=1S/C8H9N3S/c1-9-5-7-11-6-3-2-4-10-8(6)12-7/h2-4,9H,5H2,1H3. The summed E-state index contributed by atoms with van der Waals surface area (Å²) in [7, 11) is 1.92. The van der Waals surface area contributed by atoms with Crippen LogP contribution in [0.25, 0.3) is 10.3 Å². The van der Waals surface area contributed by atoms with Gasteiger partial charge in [-0.2, -0.15) is 0 Å². The molecule has 0 bridgehead atoms. The number of hydrogen-bond acceptors (Lipinski definition) is 4. The first kappa shape index (κ1) is 7.64. The highest BCUT2D eigenvalue weighted by atomic mass is 32.1. The van der Waals surface area contributed by atoms with E-state index in [4.69, 9.17) is 0 Å². The minimum atomic E-state index is 0.820. The Morgan fingerprint density at radius 1 is 1.58 bits per heavy atom. The molecule has 0 unspecified atom stereocenters. The molecule has 0 aromatic carbocycles. The average molecular weight is 179 g/mol. The number of aromatic nitrogens is 2. The van der Waals surface area contributed by atoms with E-state index in [1.807, 2.05) is 19.2 Å². The zero-order chi connectivity index (χ0) is 8.39. The van der Waals surface area contributed by atoms with Gasteiger partial charge in [-0.3, -0.25) is 0 Å². The van der Waals surface area contributed by atoms with E-state index in [1.54, 1.807) is 17.5 Å². The molecule has 2 heterocycles. The van der Waals surface area contributed by atoms with Crippen LogP contribution in [0.1, 0.15) is 5.01 Å². The number of rotatable bonds is 2. The van der Waals surface area contributed by atoms with Crippen LogP contribution in [0.15, 0.2) is 18.3 Å². The Morgan fingerprint density at radius 2 is 2.50 bits per heavy atom. The van der Waals surface area contributed by atoms with E-state index >= 15 is 0 Å². The van der Waals surface area contributed by atoms with Crippen molar-refractivity contribution in [3.63, 3.8) is 0 Å². The first-order chi connectivity index (χ1) is 5.90. The second kappa shape index (κ2) is 3.16. The van der Waals surface area contributed by atoms with Crippen LogP contribution in [0, 0.1) is 0 Å². The first-order valence-electron chi connectivity index (χ1n) is 3.75. The highest BCUT2D eigenvalue weighted by molar-refractivity contribution is 7.18. The summed E-state index contributed by atoms with van der Waals surface area (Å²) < 4.78 is 0. The van der Waals surface area contributed by atoms with Gasteiger partial charge in [-0.1, -0.05) is 11.3 Å². The molecule has 3 nitrogen and oxygen atoms in total. The highest BCUT2D eigenvalue weighted by Gasteiger charge is 2.01. The number of fused-ring (bicyclic) bond motifs is 1. The Bertz CT molecular complexity index is 349. The lowest BCUT2D eigenvalue weighted by molar-refractivity contribution is 0.812. The van der Waals surface area contributed by atoms with Gasteiger partial charge in [0.05, 0.1) is 0 Å². The molecular formula is C8H9N3S. The average Bonchev–Trinajstić information content (AvgIpc) is 2.47. The largest absolute Gasteiger partial charge is 0.314 e. The van der Waals surface area contributed by atoms with Crippen molar-refractivity contribution < 1.29 is 0 Å². The van der Waals surface area contributed by atoms with Crippen molar-refractivity contribution in [3.05, 3.63) is 23.3 Å². The molecule has 0 amide bonds. The van der Waals surface area contributed by atoms with E-state index in [9.17, 15) is 0 Å². The summed E-state index contributed by atoms with van der Waals surface area (Å²) in [6, 6.07) is 3.89. The van der Waals surface area contributed by atoms with E-state index in [0.717, 1.165) is 21.9 Å². The lowest BCUT2D eigenvalue weighted by atomic mass is 10.5. The van der Waals surface area contributed by atoms with Crippen LogP contribution in [0.3, 0.4) is 0 Å². The van der Waals surface area contributed by atoms with Crippen molar-refractivity contribution in [2.45, 2.75) is 6.54 Å². The molecule has 0 aliphatic carbocycles. The maximum absolute atomic E-state index is 4.40. The molecule has 2 aromatic heterocycles. The first-order valence-corrected chi connectivity index (χ1v) is 4.57. The van der Waals surface area contributed by atoms with Gasteiger partial charge in [-0.15, -0.1) is 0 Å². The van der Waals surface area contributed by atoms with Crippen LogP contribution in [-0.4, -0.2) is 17.0 Å². The van der Waals surface area contributed by atoms with E-state index in [2.05, 4.69) is 15.3 Å². The molecular weight excluding hydrogens is 170 g/mol. The second-order valence-corrected chi connectivity index (χ2v) is 3.53. The maximum Gasteiger partial charge on any atom is 0.143 e. The smallest absolute Gasteiger partial charge is 0.143 e. The van der Waals surface area contributed by atoms with Gasteiger partial charge >= 0.3 is 0 Å². The molecule has 4 heteroatoms. The van der Waals surface area contributed by atoms with E-state index < -0.39 is 0 Å². The number of nitrogens with one attached hydrogen (secondary N) is 1. The number of hydrogen-bond donors (Lipinski definition) is 1. The molecule has 2 aromatic rings. The SMILES string of the molecule is CNCc1nc2cccnc2s1. The van der Waals surface area contributed by atoms with Crippen molar-refractivity contribution in [2.75, 3.05) is 7.05 Å². The lowest BCUT2D eigenvalue weighted by Gasteiger charge is -1.88. The highest BCUT2D eigenvalue weighted by Crippen LogP contribution is 2.18. The quantitative estimate of drug-likeness (QED) is 0.757. The summed E-state index contributed by atoms with van der Waals surface area (Å²) in [4.78, 5) is 9.62. The zero-order valence-electron chi connectivity index (χ0n) is 6.74. The summed E-state index contributed by atoms with van der Waals surface area (Å²) in [6.07, 6.45) is 1.80. The van der Waals surface area contributed by atoms with Gasteiger partial charge < -0.3 is 5.32 Å². The minimum absolute atomic E-state index is 0.820. The van der Waals surface area contributed by atoms with E-state index in [1.165, 1.54) is 0 Å². The second-order valence-electron chi connectivity index (χ2n) is 2.47. The molecule has 1 N–H and O–H groups in total. The Kier molecular flexibility index (Phi) is 2.01. The maximum atomic E-state index is 4.40. The van der Waals surface area contributed by atoms with Crippen molar-refractivity contribution in [2.24, 2.45) is 0 Å². The van der Waals surface area contributed by atoms with Crippen LogP contribution in [0.2, 0.25) is 0 Å². The predicted molar refractivity (Wildman–Crippen MR) is 50.2 cm³/mol. The summed E-state index contributed by atoms with van der Waals surface area (Å²) in [6.45, 7) is 0.820. The van der Waals surface area contributed by atoms with Crippen molar-refractivity contribution >= 4 is 21.7 Å². The number of nitrogens with zero attached hydrogens (tertiary/aromatic N) is 2. The third kappa shape index (κ3) is 1.31. The van der Waals surface area contributed by atoms with Gasteiger partial charge in [-0.25, -0.2) is 9.97 Å². The van der Waals surface area contributed by atoms with Gasteiger partial charge in [0.25, 0.3) is 0 Å². The summed E-state index contributed by atoms with van der Waals surface area (Å²) in [5, 5.41) is 4.15. The minimum Gasteiger partial charge on any atom is -0.314 e. The van der Waals surface area contributed by atoms with Crippen LogP contribution < -0.4 is 5.32 Å². The zero-order valence-corrected chi connectivity index (χ0v) is 7.56.